The quantitative estimate of drug-likeness (QED) is 0.344. The SMILES string of the molecule is C#CCN=CCl. The average Bonchev–Trinajstić information content (AvgIpc) is 1.61. The van der Waals surface area contributed by atoms with Crippen molar-refractivity contribution in [2.45, 2.75) is 0 Å². The molecule has 0 bridgehead atoms. The summed E-state index contributed by atoms with van der Waals surface area (Å²) >= 11 is 4.99. The Morgan fingerprint density at radius 3 is 2.83 bits per heavy atom. The Hall–Kier alpha value is -0.480. The second kappa shape index (κ2) is 4.52. The van der Waals surface area contributed by atoms with Crippen molar-refractivity contribution in [2.75, 3.05) is 6.54 Å². The first-order valence-electron chi connectivity index (χ1n) is 1.43. The number of rotatable bonds is 1. The summed E-state index contributed by atoms with van der Waals surface area (Å²) in [7, 11) is 0. The van der Waals surface area contributed by atoms with Crippen LogP contribution in [0, 0.1) is 12.3 Å². The van der Waals surface area contributed by atoms with Crippen molar-refractivity contribution in [3.8, 4) is 12.3 Å². The van der Waals surface area contributed by atoms with Crippen LogP contribution >= 0.6 is 11.6 Å². The zero-order chi connectivity index (χ0) is 4.83. The van der Waals surface area contributed by atoms with Crippen molar-refractivity contribution >= 4 is 17.3 Å². The molecule has 0 fully saturated rings. The normalized spacial score (nSPS) is 8.67. The topological polar surface area (TPSA) is 12.4 Å². The highest BCUT2D eigenvalue weighted by atomic mass is 35.5. The summed E-state index contributed by atoms with van der Waals surface area (Å²) in [5.74, 6) is 2.29. The van der Waals surface area contributed by atoms with Crippen LogP contribution in [0.4, 0.5) is 0 Å². The predicted molar refractivity (Wildman–Crippen MR) is 28.0 cm³/mol. The van der Waals surface area contributed by atoms with E-state index in [1.165, 1.54) is 5.67 Å². The second-order valence-electron chi connectivity index (χ2n) is 0.642. The lowest BCUT2D eigenvalue weighted by atomic mass is 10.7. The van der Waals surface area contributed by atoms with Gasteiger partial charge in [-0.25, -0.2) is 0 Å². The maximum atomic E-state index is 4.99. The molecule has 6 heavy (non-hydrogen) atoms. The fourth-order valence-electron chi connectivity index (χ4n) is 0.0872. The van der Waals surface area contributed by atoms with Gasteiger partial charge < -0.3 is 0 Å². The van der Waals surface area contributed by atoms with Gasteiger partial charge in [0.2, 0.25) is 0 Å². The van der Waals surface area contributed by atoms with Crippen molar-refractivity contribution in [3.63, 3.8) is 0 Å². The van der Waals surface area contributed by atoms with Gasteiger partial charge in [-0.2, -0.15) is 0 Å². The van der Waals surface area contributed by atoms with Gasteiger partial charge in [-0.3, -0.25) is 4.99 Å². The molecule has 0 aromatic rings. The number of terminal acetylenes is 1. The Morgan fingerprint density at radius 2 is 2.67 bits per heavy atom. The standard InChI is InChI=1S/C4H4ClN/c1-2-3-6-4-5/h1,4H,3H2. The molecule has 0 radical (unpaired) electrons. The lowest BCUT2D eigenvalue weighted by molar-refractivity contribution is 1.31. The minimum Gasteiger partial charge on any atom is -0.268 e. The van der Waals surface area contributed by atoms with Crippen LogP contribution in [0.1, 0.15) is 0 Å². The van der Waals surface area contributed by atoms with Gasteiger partial charge >= 0.3 is 0 Å². The third-order valence-electron chi connectivity index (χ3n) is 0.252. The lowest BCUT2D eigenvalue weighted by Gasteiger charge is -1.67. The first-order chi connectivity index (χ1) is 2.91. The van der Waals surface area contributed by atoms with Crippen LogP contribution in [-0.2, 0) is 0 Å². The highest BCUT2D eigenvalue weighted by Gasteiger charge is 1.58. The van der Waals surface area contributed by atoms with Crippen molar-refractivity contribution in [2.24, 2.45) is 4.99 Å². The molecular formula is C4H4ClN. The lowest BCUT2D eigenvalue weighted by Crippen LogP contribution is -1.65. The van der Waals surface area contributed by atoms with Crippen LogP contribution in [0.5, 0.6) is 0 Å². The van der Waals surface area contributed by atoms with Crippen LogP contribution < -0.4 is 0 Å². The Balaban J connectivity index is 2.92. The molecule has 0 spiro atoms. The third-order valence-corrected chi connectivity index (χ3v) is 0.390. The molecule has 0 saturated heterocycles. The Bertz CT molecular complexity index is 80.0. The van der Waals surface area contributed by atoms with Crippen molar-refractivity contribution < 1.29 is 0 Å². The van der Waals surface area contributed by atoms with E-state index in [1.807, 2.05) is 0 Å². The maximum Gasteiger partial charge on any atom is 0.100 e. The monoisotopic (exact) mass is 101 g/mol. The van der Waals surface area contributed by atoms with Gasteiger partial charge in [-0.1, -0.05) is 17.5 Å². The number of hydrogen-bond donors (Lipinski definition) is 0. The van der Waals surface area contributed by atoms with Gasteiger partial charge in [0.05, 0.1) is 5.67 Å². The summed E-state index contributed by atoms with van der Waals surface area (Å²) in [5.41, 5.74) is 1.17. The van der Waals surface area contributed by atoms with Crippen LogP contribution in [0.25, 0.3) is 0 Å². The minimum atomic E-state index is 0.378. The van der Waals surface area contributed by atoms with E-state index in [1.54, 1.807) is 0 Å². The number of halogens is 1. The van der Waals surface area contributed by atoms with E-state index in [2.05, 4.69) is 10.9 Å². The molecule has 0 heterocycles. The fourth-order valence-corrected chi connectivity index (χ4v) is 0.156. The molecule has 0 aromatic carbocycles. The van der Waals surface area contributed by atoms with Gasteiger partial charge in [-0.15, -0.1) is 6.42 Å². The fraction of sp³-hybridized carbons (Fsp3) is 0.250. The molecule has 0 aliphatic carbocycles. The van der Waals surface area contributed by atoms with E-state index in [-0.39, 0.29) is 0 Å². The Labute approximate surface area is 42.0 Å². The van der Waals surface area contributed by atoms with Crippen molar-refractivity contribution in [1.82, 2.24) is 0 Å². The number of hydrogen-bond acceptors (Lipinski definition) is 1. The van der Waals surface area contributed by atoms with Crippen LogP contribution in [0.15, 0.2) is 4.99 Å². The van der Waals surface area contributed by atoms with E-state index in [0.717, 1.165) is 0 Å². The van der Waals surface area contributed by atoms with Crippen molar-refractivity contribution in [3.05, 3.63) is 0 Å². The van der Waals surface area contributed by atoms with Crippen LogP contribution in [0.2, 0.25) is 0 Å². The van der Waals surface area contributed by atoms with E-state index >= 15 is 0 Å². The summed E-state index contributed by atoms with van der Waals surface area (Å²) in [4.78, 5) is 3.49. The van der Waals surface area contributed by atoms with Gasteiger partial charge in [-0.05, 0) is 0 Å². The molecule has 0 unspecified atom stereocenters. The molecule has 1 nitrogen and oxygen atoms in total. The maximum absolute atomic E-state index is 4.99. The molecule has 0 amide bonds. The molecule has 0 aliphatic rings. The first-order valence-corrected chi connectivity index (χ1v) is 1.87. The third kappa shape index (κ3) is 3.52. The molecule has 0 rings (SSSR count). The summed E-state index contributed by atoms with van der Waals surface area (Å²) < 4.78 is 0. The van der Waals surface area contributed by atoms with E-state index in [4.69, 9.17) is 18.0 Å². The van der Waals surface area contributed by atoms with Crippen LogP contribution in [-0.4, -0.2) is 12.2 Å². The smallest absolute Gasteiger partial charge is 0.100 e. The highest BCUT2D eigenvalue weighted by molar-refractivity contribution is 6.56. The Morgan fingerprint density at radius 1 is 2.00 bits per heavy atom. The second-order valence-corrected chi connectivity index (χ2v) is 0.838. The van der Waals surface area contributed by atoms with Gasteiger partial charge in [0.1, 0.15) is 6.54 Å². The molecule has 32 valence electrons. The number of aliphatic imine (C=N–C) groups is 1. The largest absolute Gasteiger partial charge is 0.268 e. The van der Waals surface area contributed by atoms with Gasteiger partial charge in [0.15, 0.2) is 0 Å². The Kier molecular flexibility index (Phi) is 4.16. The highest BCUT2D eigenvalue weighted by Crippen LogP contribution is 1.64. The molecule has 0 atom stereocenters. The molecule has 0 aliphatic heterocycles. The average molecular weight is 102 g/mol. The summed E-state index contributed by atoms with van der Waals surface area (Å²) in [6.07, 6.45) is 4.79. The van der Waals surface area contributed by atoms with E-state index in [0.29, 0.717) is 6.54 Å². The van der Waals surface area contributed by atoms with Gasteiger partial charge in [0, 0.05) is 0 Å². The zero-order valence-corrected chi connectivity index (χ0v) is 3.94. The van der Waals surface area contributed by atoms with Gasteiger partial charge in [0.25, 0.3) is 0 Å². The van der Waals surface area contributed by atoms with Crippen molar-refractivity contribution in [1.29, 1.82) is 0 Å². The molecule has 0 saturated carbocycles. The first kappa shape index (κ1) is 5.52. The summed E-state index contributed by atoms with van der Waals surface area (Å²) in [6.45, 7) is 0.378. The number of nitrogens with zero attached hydrogens (tertiary/aromatic N) is 1. The van der Waals surface area contributed by atoms with E-state index < -0.39 is 0 Å². The van der Waals surface area contributed by atoms with E-state index in [9.17, 15) is 0 Å². The minimum absolute atomic E-state index is 0.378. The molecule has 0 aromatic heterocycles. The summed E-state index contributed by atoms with van der Waals surface area (Å²) in [6, 6.07) is 0. The predicted octanol–water partition coefficient (Wildman–Crippen LogP) is 0.887. The summed E-state index contributed by atoms with van der Waals surface area (Å²) in [5, 5.41) is 0. The molecule has 2 heteroatoms. The van der Waals surface area contributed by atoms with Crippen LogP contribution in [0.3, 0.4) is 0 Å². The zero-order valence-electron chi connectivity index (χ0n) is 3.19. The molecule has 0 N–H and O–H groups in total. The molecular weight excluding hydrogens is 97.5 g/mol.